The number of hydrogen-bond acceptors (Lipinski definition) is 4. The zero-order valence-electron chi connectivity index (χ0n) is 9.98. The zero-order chi connectivity index (χ0) is 13.5. The minimum atomic E-state index is -1.02. The lowest BCUT2D eigenvalue weighted by molar-refractivity contribution is -0.142. The highest BCUT2D eigenvalue weighted by molar-refractivity contribution is 6.29. The first-order chi connectivity index (χ1) is 8.52. The molecule has 0 aliphatic heterocycles. The number of carbonyl (C=O) groups is 2. The second-order valence-corrected chi connectivity index (χ2v) is 4.25. The Hall–Kier alpha value is -1.56. The molecule has 0 bridgehead atoms. The van der Waals surface area contributed by atoms with Gasteiger partial charge in [-0.3, -0.25) is 4.79 Å². The summed E-state index contributed by atoms with van der Waals surface area (Å²) in [7, 11) is 0. The number of nitrogens with one attached hydrogen (secondary N) is 1. The molecule has 0 spiro atoms. The Balaban J connectivity index is 2.38. The number of rotatable bonds is 7. The second kappa shape index (κ2) is 7.00. The van der Waals surface area contributed by atoms with Crippen LogP contribution in [-0.2, 0) is 16.0 Å². The Kier molecular flexibility index (Phi) is 5.64. The van der Waals surface area contributed by atoms with Gasteiger partial charge >= 0.3 is 5.97 Å². The summed E-state index contributed by atoms with van der Waals surface area (Å²) in [5, 5.41) is 15.1. The van der Waals surface area contributed by atoms with Gasteiger partial charge in [0, 0.05) is 18.9 Å². The van der Waals surface area contributed by atoms with Crippen molar-refractivity contribution < 1.29 is 19.2 Å². The molecule has 2 N–H and O–H groups in total. The molecule has 1 aromatic rings. The molecule has 0 saturated heterocycles. The number of aliphatic carboxylic acids is 1. The van der Waals surface area contributed by atoms with Gasteiger partial charge in [0.2, 0.25) is 5.91 Å². The monoisotopic (exact) mass is 274 g/mol. The van der Waals surface area contributed by atoms with E-state index in [0.717, 1.165) is 0 Å². The van der Waals surface area contributed by atoms with E-state index < -0.39 is 12.0 Å². The number of aromatic nitrogens is 1. The van der Waals surface area contributed by atoms with Gasteiger partial charge in [-0.15, -0.1) is 0 Å². The van der Waals surface area contributed by atoms with Crippen molar-refractivity contribution in [2.45, 2.75) is 38.6 Å². The first-order valence-corrected chi connectivity index (χ1v) is 6.04. The van der Waals surface area contributed by atoms with Gasteiger partial charge in [0.15, 0.2) is 5.15 Å². The number of hydrogen-bond donors (Lipinski definition) is 2. The number of nitrogens with zero attached hydrogens (tertiary/aromatic N) is 1. The molecule has 6 nitrogen and oxygen atoms in total. The summed E-state index contributed by atoms with van der Waals surface area (Å²) in [6.45, 7) is 1.86. The Bertz CT molecular complexity index is 419. The van der Waals surface area contributed by atoms with Crippen molar-refractivity contribution in [3.63, 3.8) is 0 Å². The molecule has 0 aromatic carbocycles. The Labute approximate surface area is 109 Å². The van der Waals surface area contributed by atoms with Gasteiger partial charge in [-0.2, -0.15) is 0 Å². The van der Waals surface area contributed by atoms with Crippen molar-refractivity contribution in [3.05, 3.63) is 17.0 Å². The van der Waals surface area contributed by atoms with E-state index in [4.69, 9.17) is 21.2 Å². The smallest absolute Gasteiger partial charge is 0.326 e. The SMILES string of the molecule is CCC[C@@H](NC(=O)CCc1cc(Cl)no1)C(=O)O. The van der Waals surface area contributed by atoms with E-state index in [1.54, 1.807) is 0 Å². The molecule has 0 radical (unpaired) electrons. The number of aryl methyl sites for hydroxylation is 1. The summed E-state index contributed by atoms with van der Waals surface area (Å²) in [6, 6.07) is 0.691. The predicted molar refractivity (Wildman–Crippen MR) is 64.3 cm³/mol. The van der Waals surface area contributed by atoms with Crippen molar-refractivity contribution in [3.8, 4) is 0 Å². The van der Waals surface area contributed by atoms with Crippen LogP contribution in [0.5, 0.6) is 0 Å². The molecule has 7 heteroatoms. The molecule has 100 valence electrons. The average molecular weight is 275 g/mol. The largest absolute Gasteiger partial charge is 0.480 e. The number of carboxylic acids is 1. The van der Waals surface area contributed by atoms with Gasteiger partial charge in [-0.1, -0.05) is 30.1 Å². The fourth-order valence-electron chi connectivity index (χ4n) is 1.45. The molecule has 0 aliphatic carbocycles. The van der Waals surface area contributed by atoms with Crippen LogP contribution in [0.3, 0.4) is 0 Å². The molecule has 0 unspecified atom stereocenters. The number of halogens is 1. The van der Waals surface area contributed by atoms with Crippen LogP contribution in [0.4, 0.5) is 0 Å². The first-order valence-electron chi connectivity index (χ1n) is 5.66. The molecule has 18 heavy (non-hydrogen) atoms. The minimum absolute atomic E-state index is 0.138. The summed E-state index contributed by atoms with van der Waals surface area (Å²) in [4.78, 5) is 22.4. The third-order valence-corrected chi connectivity index (χ3v) is 2.52. The lowest BCUT2D eigenvalue weighted by Crippen LogP contribution is -2.40. The average Bonchev–Trinajstić information content (AvgIpc) is 2.72. The van der Waals surface area contributed by atoms with Gasteiger partial charge in [0.1, 0.15) is 11.8 Å². The molecular formula is C11H15ClN2O4. The zero-order valence-corrected chi connectivity index (χ0v) is 10.7. The van der Waals surface area contributed by atoms with Crippen molar-refractivity contribution in [2.24, 2.45) is 0 Å². The highest BCUT2D eigenvalue weighted by Crippen LogP contribution is 2.10. The van der Waals surface area contributed by atoms with Gasteiger partial charge in [-0.25, -0.2) is 4.79 Å². The van der Waals surface area contributed by atoms with E-state index in [9.17, 15) is 9.59 Å². The van der Waals surface area contributed by atoms with Crippen molar-refractivity contribution >= 4 is 23.5 Å². The van der Waals surface area contributed by atoms with E-state index in [0.29, 0.717) is 25.0 Å². The lowest BCUT2D eigenvalue weighted by Gasteiger charge is -2.12. The van der Waals surface area contributed by atoms with Crippen LogP contribution in [0, 0.1) is 0 Å². The highest BCUT2D eigenvalue weighted by atomic mass is 35.5. The summed E-state index contributed by atoms with van der Waals surface area (Å²) < 4.78 is 4.84. The Morgan fingerprint density at radius 1 is 1.61 bits per heavy atom. The van der Waals surface area contributed by atoms with Crippen LogP contribution < -0.4 is 5.32 Å². The molecule has 1 heterocycles. The van der Waals surface area contributed by atoms with Crippen LogP contribution in [-0.4, -0.2) is 28.2 Å². The predicted octanol–water partition coefficient (Wildman–Crippen LogP) is 1.63. The highest BCUT2D eigenvalue weighted by Gasteiger charge is 2.18. The van der Waals surface area contributed by atoms with Crippen molar-refractivity contribution in [1.29, 1.82) is 0 Å². The van der Waals surface area contributed by atoms with E-state index >= 15 is 0 Å². The first kappa shape index (κ1) is 14.5. The Morgan fingerprint density at radius 3 is 2.83 bits per heavy atom. The lowest BCUT2D eigenvalue weighted by atomic mass is 10.1. The van der Waals surface area contributed by atoms with Crippen molar-refractivity contribution in [1.82, 2.24) is 10.5 Å². The van der Waals surface area contributed by atoms with Crippen LogP contribution in [0.1, 0.15) is 31.9 Å². The van der Waals surface area contributed by atoms with Gasteiger partial charge < -0.3 is 14.9 Å². The quantitative estimate of drug-likeness (QED) is 0.788. The minimum Gasteiger partial charge on any atom is -0.480 e. The standard InChI is InChI=1S/C11H15ClN2O4/c1-2-3-8(11(16)17)13-10(15)5-4-7-6-9(12)14-18-7/h6,8H,2-5H2,1H3,(H,13,15)(H,16,17)/t8-/m1/s1. The number of carboxylic acid groups (broad SMARTS) is 1. The summed E-state index contributed by atoms with van der Waals surface area (Å²) in [6.07, 6.45) is 1.58. The molecule has 0 saturated carbocycles. The van der Waals surface area contributed by atoms with Crippen LogP contribution in [0.2, 0.25) is 5.15 Å². The molecule has 1 rings (SSSR count). The fraction of sp³-hybridized carbons (Fsp3) is 0.545. The second-order valence-electron chi connectivity index (χ2n) is 3.86. The Morgan fingerprint density at radius 2 is 2.33 bits per heavy atom. The van der Waals surface area contributed by atoms with E-state index in [-0.39, 0.29) is 17.5 Å². The molecule has 1 aromatic heterocycles. The topological polar surface area (TPSA) is 92.4 Å². The summed E-state index contributed by atoms with van der Waals surface area (Å²) >= 11 is 5.56. The molecule has 0 fully saturated rings. The van der Waals surface area contributed by atoms with Crippen LogP contribution >= 0.6 is 11.6 Å². The molecule has 1 amide bonds. The van der Waals surface area contributed by atoms with Crippen molar-refractivity contribution in [2.75, 3.05) is 0 Å². The fourth-order valence-corrected chi connectivity index (χ4v) is 1.61. The van der Waals surface area contributed by atoms with E-state index in [1.807, 2.05) is 6.92 Å². The normalized spacial score (nSPS) is 12.1. The third kappa shape index (κ3) is 4.75. The maximum Gasteiger partial charge on any atom is 0.326 e. The van der Waals surface area contributed by atoms with E-state index in [2.05, 4.69) is 10.5 Å². The van der Waals surface area contributed by atoms with E-state index in [1.165, 1.54) is 6.07 Å². The molecular weight excluding hydrogens is 260 g/mol. The number of carbonyl (C=O) groups excluding carboxylic acids is 1. The summed E-state index contributed by atoms with van der Waals surface area (Å²) in [5.41, 5.74) is 0. The van der Waals surface area contributed by atoms with Crippen LogP contribution in [0.25, 0.3) is 0 Å². The third-order valence-electron chi connectivity index (χ3n) is 2.34. The maximum atomic E-state index is 11.5. The van der Waals surface area contributed by atoms with Crippen LogP contribution in [0.15, 0.2) is 10.6 Å². The van der Waals surface area contributed by atoms with Gasteiger partial charge in [0.25, 0.3) is 0 Å². The molecule has 0 aliphatic rings. The summed E-state index contributed by atoms with van der Waals surface area (Å²) in [5.74, 6) is -0.853. The molecule has 1 atom stereocenters. The van der Waals surface area contributed by atoms with Gasteiger partial charge in [-0.05, 0) is 6.42 Å². The van der Waals surface area contributed by atoms with Gasteiger partial charge in [0.05, 0.1) is 0 Å². The maximum absolute atomic E-state index is 11.5. The number of amides is 1.